The molecule has 1 N–H and O–H groups in total. The van der Waals surface area contributed by atoms with Crippen molar-refractivity contribution in [2.45, 2.75) is 47.2 Å². The Morgan fingerprint density at radius 1 is 1.05 bits per heavy atom. The average molecular weight is 541 g/mol. The molecule has 4 heterocycles. The van der Waals surface area contributed by atoms with E-state index in [0.717, 1.165) is 42.1 Å². The van der Waals surface area contributed by atoms with Crippen molar-refractivity contribution in [1.82, 2.24) is 24.6 Å². The molecule has 0 radical (unpaired) electrons. The Morgan fingerprint density at radius 2 is 1.79 bits per heavy atom. The minimum Gasteiger partial charge on any atom is -0.320 e. The number of alkyl halides is 3. The van der Waals surface area contributed by atoms with Crippen LogP contribution in [0.2, 0.25) is 0 Å². The topological polar surface area (TPSA) is 93.0 Å². The molecule has 206 valence electrons. The van der Waals surface area contributed by atoms with Gasteiger partial charge in [0.15, 0.2) is 11.6 Å². The number of pyridine rings is 2. The molecule has 1 aliphatic heterocycles. The molecule has 1 aliphatic rings. The highest BCUT2D eigenvalue weighted by atomic mass is 19.4. The lowest BCUT2D eigenvalue weighted by atomic mass is 9.90. The predicted octanol–water partition coefficient (Wildman–Crippen LogP) is 5.25. The zero-order chi connectivity index (χ0) is 28.5. The number of carbonyl (C=O) groups is 2. The van der Waals surface area contributed by atoms with Gasteiger partial charge in [-0.15, -0.1) is 0 Å². The number of aryl methyl sites for hydroxylation is 1. The highest BCUT2D eigenvalue weighted by Crippen LogP contribution is 2.29. The van der Waals surface area contributed by atoms with Crippen LogP contribution in [0.3, 0.4) is 0 Å². The number of carbonyl (C=O) groups excluding carboxylic acids is 2. The lowest BCUT2D eigenvalue weighted by molar-refractivity contribution is -0.137. The maximum Gasteiger partial charge on any atom is 0.417 e. The minimum absolute atomic E-state index is 0.170. The fourth-order valence-electron chi connectivity index (χ4n) is 4.23. The van der Waals surface area contributed by atoms with Crippen molar-refractivity contribution in [1.29, 1.82) is 0 Å². The van der Waals surface area contributed by atoms with E-state index in [2.05, 4.69) is 31.4 Å². The lowest BCUT2D eigenvalue weighted by Gasteiger charge is -2.28. The normalized spacial score (nSPS) is 14.7. The Bertz CT molecular complexity index is 1420. The summed E-state index contributed by atoms with van der Waals surface area (Å²) >= 11 is 0. The molecule has 0 saturated heterocycles. The molecule has 0 saturated carbocycles. The molecule has 0 spiro atoms. The monoisotopic (exact) mass is 540 g/mol. The maximum atomic E-state index is 13.0. The van der Waals surface area contributed by atoms with E-state index in [-0.39, 0.29) is 22.6 Å². The number of amides is 1. The molecule has 3 aromatic rings. The minimum atomic E-state index is -4.49. The predicted molar refractivity (Wildman–Crippen MR) is 142 cm³/mol. The van der Waals surface area contributed by atoms with Crippen LogP contribution in [0.4, 0.5) is 18.9 Å². The Labute approximate surface area is 225 Å². The van der Waals surface area contributed by atoms with Gasteiger partial charge >= 0.3 is 6.18 Å². The van der Waals surface area contributed by atoms with Crippen molar-refractivity contribution in [3.05, 3.63) is 70.9 Å². The zero-order valence-corrected chi connectivity index (χ0v) is 22.6. The molecule has 0 unspecified atom stereocenters. The number of nitrogens with zero attached hydrogens (tertiary/aromatic N) is 5. The number of halogens is 3. The maximum absolute atomic E-state index is 13.0. The first-order valence-electron chi connectivity index (χ1n) is 12.6. The van der Waals surface area contributed by atoms with Crippen LogP contribution in [0, 0.1) is 19.3 Å². The van der Waals surface area contributed by atoms with E-state index in [1.54, 1.807) is 13.1 Å². The van der Waals surface area contributed by atoms with Crippen LogP contribution in [-0.2, 0) is 11.0 Å². The van der Waals surface area contributed by atoms with E-state index in [9.17, 15) is 22.8 Å². The van der Waals surface area contributed by atoms with Gasteiger partial charge in [-0.1, -0.05) is 26.8 Å². The Kier molecular flexibility index (Phi) is 7.74. The van der Waals surface area contributed by atoms with Gasteiger partial charge in [0.1, 0.15) is 0 Å². The number of anilines is 1. The molecule has 1 amide bonds. The van der Waals surface area contributed by atoms with Gasteiger partial charge in [0, 0.05) is 24.7 Å². The number of hydrogen-bond acceptors (Lipinski definition) is 6. The summed E-state index contributed by atoms with van der Waals surface area (Å²) in [4.78, 5) is 35.9. The third-order valence-corrected chi connectivity index (χ3v) is 6.68. The lowest BCUT2D eigenvalue weighted by Crippen LogP contribution is -2.38. The summed E-state index contributed by atoms with van der Waals surface area (Å²) in [5.41, 5.74) is 2.84. The first kappa shape index (κ1) is 28.2. The molecular formula is C28H31F3N6O2. The largest absolute Gasteiger partial charge is 0.417 e. The van der Waals surface area contributed by atoms with Gasteiger partial charge in [-0.25, -0.2) is 9.67 Å². The molecule has 39 heavy (non-hydrogen) atoms. The summed E-state index contributed by atoms with van der Waals surface area (Å²) in [6.45, 7) is 11.2. The molecule has 11 heteroatoms. The van der Waals surface area contributed by atoms with Gasteiger partial charge in [0.2, 0.25) is 0 Å². The van der Waals surface area contributed by atoms with Gasteiger partial charge in [-0.2, -0.15) is 18.3 Å². The molecule has 8 nitrogen and oxygen atoms in total. The van der Waals surface area contributed by atoms with Crippen LogP contribution >= 0.6 is 0 Å². The quantitative estimate of drug-likeness (QED) is 0.459. The van der Waals surface area contributed by atoms with E-state index in [1.807, 2.05) is 33.8 Å². The molecule has 0 fully saturated rings. The number of aromatic nitrogens is 4. The van der Waals surface area contributed by atoms with Gasteiger partial charge in [-0.3, -0.25) is 19.5 Å². The summed E-state index contributed by atoms with van der Waals surface area (Å²) in [5.74, 6) is -0.0377. The Hall–Kier alpha value is -3.86. The molecule has 0 aliphatic carbocycles. The van der Waals surface area contributed by atoms with Crippen LogP contribution in [-0.4, -0.2) is 56.0 Å². The summed E-state index contributed by atoms with van der Waals surface area (Å²) in [5, 5.41) is 6.95. The number of ketones is 1. The van der Waals surface area contributed by atoms with Crippen molar-refractivity contribution < 1.29 is 22.8 Å². The highest BCUT2D eigenvalue weighted by molar-refractivity contribution is 6.05. The van der Waals surface area contributed by atoms with Crippen LogP contribution in [0.25, 0.3) is 11.4 Å². The fraction of sp³-hybridized carbons (Fsp3) is 0.393. The van der Waals surface area contributed by atoms with Crippen LogP contribution in [0.1, 0.15) is 60.1 Å². The Balaban J connectivity index is 1.43. The zero-order valence-electron chi connectivity index (χ0n) is 22.6. The van der Waals surface area contributed by atoms with E-state index >= 15 is 0 Å². The van der Waals surface area contributed by atoms with Gasteiger partial charge in [0.25, 0.3) is 5.91 Å². The summed E-state index contributed by atoms with van der Waals surface area (Å²) in [6, 6.07) is 3.97. The summed E-state index contributed by atoms with van der Waals surface area (Å²) in [7, 11) is 0. The van der Waals surface area contributed by atoms with Crippen molar-refractivity contribution in [3.63, 3.8) is 0 Å². The molecule has 0 atom stereocenters. The molecule has 0 bridgehead atoms. The van der Waals surface area contributed by atoms with Crippen molar-refractivity contribution in [3.8, 4) is 5.82 Å². The second-order valence-electron chi connectivity index (χ2n) is 10.7. The van der Waals surface area contributed by atoms with Crippen molar-refractivity contribution in [2.75, 3.05) is 25.0 Å². The van der Waals surface area contributed by atoms with Crippen LogP contribution in [0.15, 0.2) is 42.9 Å². The number of nitrogens with one attached hydrogen (secondary N) is 1. The standard InChI is InChI=1S/C28H31F3N6O2/c1-17-12-21(14-33-25(17)19-8-10-36(11-9-19)16-23(38)27(3,4)5)35-26(39)22-15-34-37(18(22)2)24-7-6-20(13-32-24)28(29,30)31/h6-8,12-15H,9-11,16H2,1-5H3,(H,35,39). The first-order chi connectivity index (χ1) is 18.2. The average Bonchev–Trinajstić information content (AvgIpc) is 3.25. The Morgan fingerprint density at radius 3 is 2.36 bits per heavy atom. The van der Waals surface area contributed by atoms with Crippen molar-refractivity contribution in [2.24, 2.45) is 5.41 Å². The van der Waals surface area contributed by atoms with E-state index < -0.39 is 17.6 Å². The fourth-order valence-corrected chi connectivity index (χ4v) is 4.23. The third-order valence-electron chi connectivity index (χ3n) is 6.68. The molecular weight excluding hydrogens is 509 g/mol. The van der Waals surface area contributed by atoms with Gasteiger partial charge < -0.3 is 5.32 Å². The number of rotatable bonds is 6. The van der Waals surface area contributed by atoms with E-state index in [4.69, 9.17) is 0 Å². The molecule has 3 aromatic heterocycles. The second-order valence-corrected chi connectivity index (χ2v) is 10.7. The smallest absolute Gasteiger partial charge is 0.320 e. The van der Waals surface area contributed by atoms with E-state index in [0.29, 0.717) is 24.5 Å². The van der Waals surface area contributed by atoms with E-state index in [1.165, 1.54) is 16.9 Å². The molecule has 4 rings (SSSR count). The third kappa shape index (κ3) is 6.42. The SMILES string of the molecule is Cc1cc(NC(=O)c2cnn(-c3ccc(C(F)(F)F)cn3)c2C)cnc1C1=CCN(CC(=O)C(C)(C)C)CC1. The first-order valence-corrected chi connectivity index (χ1v) is 12.6. The van der Waals surface area contributed by atoms with Gasteiger partial charge in [-0.05, 0) is 49.6 Å². The summed E-state index contributed by atoms with van der Waals surface area (Å²) in [6.07, 6.45) is 2.05. The van der Waals surface area contributed by atoms with Crippen LogP contribution in [0.5, 0.6) is 0 Å². The number of Topliss-reactive ketones (excluding diaryl/α,β-unsaturated/α-hetero) is 1. The van der Waals surface area contributed by atoms with Crippen LogP contribution < -0.4 is 5.32 Å². The van der Waals surface area contributed by atoms with Crippen molar-refractivity contribution >= 4 is 23.0 Å². The summed E-state index contributed by atoms with van der Waals surface area (Å²) < 4.78 is 39.8. The number of hydrogen-bond donors (Lipinski definition) is 1. The highest BCUT2D eigenvalue weighted by Gasteiger charge is 2.31. The second kappa shape index (κ2) is 10.7. The van der Waals surface area contributed by atoms with Gasteiger partial charge in [0.05, 0.1) is 47.1 Å². The molecule has 0 aromatic carbocycles.